The van der Waals surface area contributed by atoms with Crippen molar-refractivity contribution in [1.29, 1.82) is 0 Å². The number of hydrogen-bond donors (Lipinski definition) is 1. The summed E-state index contributed by atoms with van der Waals surface area (Å²) in [5.74, 6) is 0. The SMILES string of the molecule is CC(C)(C)NC1CN(Cc2ccccc2)C1. The average Bonchev–Trinajstić information content (AvgIpc) is 2.14. The molecule has 88 valence electrons. The van der Waals surface area contributed by atoms with Crippen molar-refractivity contribution in [3.05, 3.63) is 35.9 Å². The van der Waals surface area contributed by atoms with Crippen molar-refractivity contribution in [3.8, 4) is 0 Å². The highest BCUT2D eigenvalue weighted by Crippen LogP contribution is 2.15. The van der Waals surface area contributed by atoms with Gasteiger partial charge in [-0.15, -0.1) is 0 Å². The molecule has 0 radical (unpaired) electrons. The zero-order valence-electron chi connectivity index (χ0n) is 10.5. The van der Waals surface area contributed by atoms with Gasteiger partial charge in [0.05, 0.1) is 0 Å². The van der Waals surface area contributed by atoms with Crippen molar-refractivity contribution in [2.24, 2.45) is 0 Å². The highest BCUT2D eigenvalue weighted by Gasteiger charge is 2.29. The van der Waals surface area contributed by atoms with E-state index in [1.807, 2.05) is 0 Å². The smallest absolute Gasteiger partial charge is 0.0327 e. The average molecular weight is 218 g/mol. The second kappa shape index (κ2) is 4.56. The van der Waals surface area contributed by atoms with Crippen molar-refractivity contribution in [1.82, 2.24) is 10.2 Å². The molecule has 0 saturated carbocycles. The van der Waals surface area contributed by atoms with E-state index in [4.69, 9.17) is 0 Å². The Labute approximate surface area is 98.7 Å². The van der Waals surface area contributed by atoms with Crippen LogP contribution >= 0.6 is 0 Å². The van der Waals surface area contributed by atoms with Crippen molar-refractivity contribution in [2.75, 3.05) is 13.1 Å². The van der Waals surface area contributed by atoms with Gasteiger partial charge in [-0.25, -0.2) is 0 Å². The molecule has 1 aromatic carbocycles. The summed E-state index contributed by atoms with van der Waals surface area (Å²) in [5, 5.41) is 3.63. The van der Waals surface area contributed by atoms with Gasteiger partial charge in [-0.2, -0.15) is 0 Å². The van der Waals surface area contributed by atoms with Crippen LogP contribution in [0.25, 0.3) is 0 Å². The fourth-order valence-electron chi connectivity index (χ4n) is 2.24. The minimum absolute atomic E-state index is 0.240. The maximum absolute atomic E-state index is 3.63. The summed E-state index contributed by atoms with van der Waals surface area (Å²) >= 11 is 0. The van der Waals surface area contributed by atoms with Crippen molar-refractivity contribution in [2.45, 2.75) is 38.9 Å². The molecule has 1 N–H and O–H groups in total. The van der Waals surface area contributed by atoms with Gasteiger partial charge in [-0.05, 0) is 26.3 Å². The van der Waals surface area contributed by atoms with Crippen LogP contribution < -0.4 is 5.32 Å². The third-order valence-corrected chi connectivity index (χ3v) is 2.84. The van der Waals surface area contributed by atoms with E-state index >= 15 is 0 Å². The molecule has 2 rings (SSSR count). The van der Waals surface area contributed by atoms with Crippen LogP contribution in [0.4, 0.5) is 0 Å². The number of nitrogens with zero attached hydrogens (tertiary/aromatic N) is 1. The number of nitrogens with one attached hydrogen (secondary N) is 1. The van der Waals surface area contributed by atoms with E-state index in [2.05, 4.69) is 61.3 Å². The topological polar surface area (TPSA) is 15.3 Å². The molecule has 1 aliphatic rings. The van der Waals surface area contributed by atoms with E-state index in [1.165, 1.54) is 18.7 Å². The van der Waals surface area contributed by atoms with E-state index in [0.29, 0.717) is 6.04 Å². The third kappa shape index (κ3) is 3.32. The Bertz CT molecular complexity index is 320. The molecule has 1 aliphatic heterocycles. The van der Waals surface area contributed by atoms with Gasteiger partial charge in [-0.3, -0.25) is 4.90 Å². The molecule has 1 fully saturated rings. The summed E-state index contributed by atoms with van der Waals surface area (Å²) in [4.78, 5) is 2.48. The molecule has 0 aromatic heterocycles. The van der Waals surface area contributed by atoms with Crippen LogP contribution in [0.1, 0.15) is 26.3 Å². The fourth-order valence-corrected chi connectivity index (χ4v) is 2.24. The summed E-state index contributed by atoms with van der Waals surface area (Å²) in [6, 6.07) is 11.4. The van der Waals surface area contributed by atoms with Gasteiger partial charge >= 0.3 is 0 Å². The van der Waals surface area contributed by atoms with Crippen molar-refractivity contribution >= 4 is 0 Å². The van der Waals surface area contributed by atoms with Crippen molar-refractivity contribution in [3.63, 3.8) is 0 Å². The molecule has 0 amide bonds. The zero-order valence-corrected chi connectivity index (χ0v) is 10.5. The molecule has 0 unspecified atom stereocenters. The lowest BCUT2D eigenvalue weighted by Crippen LogP contribution is -2.61. The van der Waals surface area contributed by atoms with Gasteiger partial charge < -0.3 is 5.32 Å². The van der Waals surface area contributed by atoms with E-state index in [-0.39, 0.29) is 5.54 Å². The van der Waals surface area contributed by atoms with Crippen LogP contribution in [0.3, 0.4) is 0 Å². The molecule has 1 saturated heterocycles. The first kappa shape index (κ1) is 11.6. The number of likely N-dealkylation sites (tertiary alicyclic amines) is 1. The standard InChI is InChI=1S/C14H22N2/c1-14(2,3)15-13-10-16(11-13)9-12-7-5-4-6-8-12/h4-8,13,15H,9-11H2,1-3H3. The molecule has 0 aliphatic carbocycles. The van der Waals surface area contributed by atoms with Gasteiger partial charge in [0, 0.05) is 31.2 Å². The number of rotatable bonds is 3. The fraction of sp³-hybridized carbons (Fsp3) is 0.571. The van der Waals surface area contributed by atoms with Crippen LogP contribution in [-0.2, 0) is 6.54 Å². The van der Waals surface area contributed by atoms with Crippen molar-refractivity contribution < 1.29 is 0 Å². The molecular weight excluding hydrogens is 196 g/mol. The molecule has 2 heteroatoms. The highest BCUT2D eigenvalue weighted by atomic mass is 15.3. The summed E-state index contributed by atoms with van der Waals surface area (Å²) < 4.78 is 0. The van der Waals surface area contributed by atoms with Crippen LogP contribution in [0.15, 0.2) is 30.3 Å². The Kier molecular flexibility index (Phi) is 3.31. The normalized spacial score (nSPS) is 18.4. The van der Waals surface area contributed by atoms with Gasteiger partial charge in [-0.1, -0.05) is 30.3 Å². The molecule has 16 heavy (non-hydrogen) atoms. The first-order valence-electron chi connectivity index (χ1n) is 6.07. The lowest BCUT2D eigenvalue weighted by atomic mass is 10.0. The first-order valence-corrected chi connectivity index (χ1v) is 6.07. The summed E-state index contributed by atoms with van der Waals surface area (Å²) in [6.07, 6.45) is 0. The van der Waals surface area contributed by atoms with E-state index < -0.39 is 0 Å². The van der Waals surface area contributed by atoms with Gasteiger partial charge in [0.2, 0.25) is 0 Å². The summed E-state index contributed by atoms with van der Waals surface area (Å²) in [7, 11) is 0. The largest absolute Gasteiger partial charge is 0.307 e. The Morgan fingerprint density at radius 3 is 2.38 bits per heavy atom. The third-order valence-electron chi connectivity index (χ3n) is 2.84. The quantitative estimate of drug-likeness (QED) is 0.837. The highest BCUT2D eigenvalue weighted by molar-refractivity contribution is 5.15. The molecule has 1 heterocycles. The van der Waals surface area contributed by atoms with E-state index in [1.54, 1.807) is 0 Å². The van der Waals surface area contributed by atoms with E-state index in [9.17, 15) is 0 Å². The monoisotopic (exact) mass is 218 g/mol. The summed E-state index contributed by atoms with van der Waals surface area (Å²) in [6.45, 7) is 10.1. The first-order chi connectivity index (χ1) is 7.53. The molecule has 2 nitrogen and oxygen atoms in total. The van der Waals surface area contributed by atoms with Crippen LogP contribution in [-0.4, -0.2) is 29.6 Å². The van der Waals surface area contributed by atoms with Crippen LogP contribution in [0.5, 0.6) is 0 Å². The molecular formula is C14H22N2. The Balaban J connectivity index is 1.73. The zero-order chi connectivity index (χ0) is 11.6. The van der Waals surface area contributed by atoms with E-state index in [0.717, 1.165) is 6.54 Å². The molecule has 0 bridgehead atoms. The maximum Gasteiger partial charge on any atom is 0.0327 e. The summed E-state index contributed by atoms with van der Waals surface area (Å²) in [5.41, 5.74) is 1.65. The van der Waals surface area contributed by atoms with Gasteiger partial charge in [0.15, 0.2) is 0 Å². The predicted octanol–water partition coefficient (Wildman–Crippen LogP) is 2.26. The Hall–Kier alpha value is -0.860. The lowest BCUT2D eigenvalue weighted by molar-refractivity contribution is 0.100. The second-order valence-electron chi connectivity index (χ2n) is 5.77. The predicted molar refractivity (Wildman–Crippen MR) is 68.4 cm³/mol. The molecule has 1 aromatic rings. The van der Waals surface area contributed by atoms with Crippen LogP contribution in [0.2, 0.25) is 0 Å². The maximum atomic E-state index is 3.63. The lowest BCUT2D eigenvalue weighted by Gasteiger charge is -2.43. The Morgan fingerprint density at radius 2 is 1.81 bits per heavy atom. The molecule has 0 atom stereocenters. The minimum Gasteiger partial charge on any atom is -0.307 e. The number of hydrogen-bond acceptors (Lipinski definition) is 2. The number of benzene rings is 1. The van der Waals surface area contributed by atoms with Gasteiger partial charge in [0.1, 0.15) is 0 Å². The van der Waals surface area contributed by atoms with Gasteiger partial charge in [0.25, 0.3) is 0 Å². The second-order valence-corrected chi connectivity index (χ2v) is 5.77. The Morgan fingerprint density at radius 1 is 1.19 bits per heavy atom. The van der Waals surface area contributed by atoms with Crippen LogP contribution in [0, 0.1) is 0 Å². The minimum atomic E-state index is 0.240. The molecule has 0 spiro atoms.